The SMILES string of the molecule is BC1(B)CC(C(=O)N2CC(=O)N3CCc4ccccc4[C@@H]3C2)CC(B)(B)C1(B)B. The molecule has 1 atom stereocenters. The van der Waals surface area contributed by atoms with Gasteiger partial charge >= 0.3 is 0 Å². The van der Waals surface area contributed by atoms with Gasteiger partial charge in [-0.05, 0) is 17.5 Å². The molecule has 0 radical (unpaired) electrons. The highest BCUT2D eigenvalue weighted by molar-refractivity contribution is 6.61. The third kappa shape index (κ3) is 3.21. The molecule has 4 nitrogen and oxygen atoms in total. The van der Waals surface area contributed by atoms with Crippen LogP contribution in [0.25, 0.3) is 0 Å². The third-order valence-corrected chi connectivity index (χ3v) is 9.01. The van der Waals surface area contributed by atoms with E-state index in [1.807, 2.05) is 15.9 Å². The molecular weight excluding hydrogens is 353 g/mol. The molecule has 2 heterocycles. The quantitative estimate of drug-likeness (QED) is 0.473. The van der Waals surface area contributed by atoms with E-state index in [4.69, 9.17) is 0 Å². The molecule has 146 valence electrons. The van der Waals surface area contributed by atoms with Gasteiger partial charge in [-0.25, -0.2) is 0 Å². The van der Waals surface area contributed by atoms with Crippen LogP contribution in [0.2, 0.25) is 15.6 Å². The molecule has 0 unspecified atom stereocenters. The molecule has 0 aromatic heterocycles. The molecule has 4 rings (SSSR count). The highest BCUT2D eigenvalue weighted by Gasteiger charge is 2.54. The fourth-order valence-corrected chi connectivity index (χ4v) is 6.01. The van der Waals surface area contributed by atoms with Gasteiger partial charge in [-0.15, -0.1) is 5.21 Å². The first-order chi connectivity index (χ1) is 13.4. The van der Waals surface area contributed by atoms with E-state index in [1.54, 1.807) is 0 Å². The fraction of sp³-hybridized carbons (Fsp3) is 0.579. The van der Waals surface area contributed by atoms with E-state index in [0.717, 1.165) is 25.8 Å². The van der Waals surface area contributed by atoms with Gasteiger partial charge in [0.1, 0.15) is 0 Å². The summed E-state index contributed by atoms with van der Waals surface area (Å²) in [5.41, 5.74) is 2.53. The number of hydrogen-bond acceptors (Lipinski definition) is 2. The van der Waals surface area contributed by atoms with Gasteiger partial charge in [0.2, 0.25) is 11.8 Å². The zero-order valence-corrected chi connectivity index (χ0v) is 18.9. The number of hydrogen-bond donors (Lipinski definition) is 0. The second-order valence-corrected chi connectivity index (χ2v) is 11.3. The largest absolute Gasteiger partial charge is 0.332 e. The van der Waals surface area contributed by atoms with Crippen molar-refractivity contribution >= 4 is 58.9 Å². The normalized spacial score (nSPS) is 27.7. The highest BCUT2D eigenvalue weighted by atomic mass is 16.2. The number of rotatable bonds is 1. The maximum Gasteiger partial charge on any atom is 0.242 e. The monoisotopic (exact) mass is 384 g/mol. The Hall–Kier alpha value is -1.45. The smallest absolute Gasteiger partial charge is 0.242 e. The molecule has 1 aliphatic carbocycles. The Balaban J connectivity index is 1.58. The number of fused-ring (bicyclic) bond motifs is 3. The summed E-state index contributed by atoms with van der Waals surface area (Å²) < 4.78 is 0. The Bertz CT molecular complexity index is 839. The minimum atomic E-state index is -0.00814. The minimum absolute atomic E-state index is 0.00574. The number of nitrogens with zero attached hydrogens (tertiary/aromatic N) is 2. The topological polar surface area (TPSA) is 40.6 Å². The van der Waals surface area contributed by atoms with Crippen molar-refractivity contribution in [2.45, 2.75) is 40.9 Å². The zero-order chi connectivity index (χ0) is 21.2. The van der Waals surface area contributed by atoms with Crippen molar-refractivity contribution in [1.29, 1.82) is 0 Å². The molecule has 3 aliphatic rings. The van der Waals surface area contributed by atoms with Gasteiger partial charge in [-0.2, -0.15) is 0 Å². The summed E-state index contributed by atoms with van der Waals surface area (Å²) in [7, 11) is 13.9. The summed E-state index contributed by atoms with van der Waals surface area (Å²) in [4.78, 5) is 30.4. The average Bonchev–Trinajstić information content (AvgIpc) is 2.65. The Morgan fingerprint density at radius 2 is 1.62 bits per heavy atom. The van der Waals surface area contributed by atoms with Gasteiger partial charge in [0.25, 0.3) is 0 Å². The predicted octanol–water partition coefficient (Wildman–Crippen LogP) is -3.49. The van der Waals surface area contributed by atoms with Crippen LogP contribution in [-0.4, -0.2) is 88.3 Å². The molecule has 2 aliphatic heterocycles. The Morgan fingerprint density at radius 1 is 1.00 bits per heavy atom. The maximum atomic E-state index is 13.6. The molecule has 0 bridgehead atoms. The van der Waals surface area contributed by atoms with E-state index in [2.05, 4.69) is 65.3 Å². The maximum absolute atomic E-state index is 13.6. The first-order valence-electron chi connectivity index (χ1n) is 11.1. The molecule has 29 heavy (non-hydrogen) atoms. The standard InChI is InChI=1S/C19H30B6N2O2/c20-17(21)7-12(8-18(22,23)19(17,24)25)16(29)26-9-14-13-4-2-1-3-11(13)5-6-27(14)15(28)10-26/h1-4,12,14H,5-10,20-25H2/t14-/m0/s1. The van der Waals surface area contributed by atoms with E-state index >= 15 is 0 Å². The van der Waals surface area contributed by atoms with Crippen molar-refractivity contribution in [1.82, 2.24) is 9.80 Å². The second-order valence-electron chi connectivity index (χ2n) is 11.3. The van der Waals surface area contributed by atoms with E-state index in [0.29, 0.717) is 6.54 Å². The van der Waals surface area contributed by atoms with E-state index in [1.165, 1.54) is 11.1 Å². The van der Waals surface area contributed by atoms with Crippen LogP contribution in [0.1, 0.15) is 30.0 Å². The molecule has 1 saturated heterocycles. The van der Waals surface area contributed by atoms with Crippen LogP contribution >= 0.6 is 0 Å². The van der Waals surface area contributed by atoms with Crippen molar-refractivity contribution in [2.24, 2.45) is 5.92 Å². The van der Waals surface area contributed by atoms with Gasteiger partial charge in [-0.1, -0.05) is 47.5 Å². The van der Waals surface area contributed by atoms with Crippen molar-refractivity contribution in [2.75, 3.05) is 19.6 Å². The van der Waals surface area contributed by atoms with Crippen LogP contribution < -0.4 is 0 Å². The van der Waals surface area contributed by atoms with Gasteiger partial charge in [0.05, 0.1) is 59.7 Å². The summed E-state index contributed by atoms with van der Waals surface area (Å²) in [6, 6.07) is 8.40. The molecule has 2 fully saturated rings. The summed E-state index contributed by atoms with van der Waals surface area (Å²) in [6.07, 6.45) is 2.68. The fourth-order valence-electron chi connectivity index (χ4n) is 6.01. The Labute approximate surface area is 180 Å². The van der Waals surface area contributed by atoms with Gasteiger partial charge < -0.3 is 9.80 Å². The summed E-state index contributed by atoms with van der Waals surface area (Å²) in [5.74, 6) is 0.266. The lowest BCUT2D eigenvalue weighted by atomic mass is 9.14. The predicted molar refractivity (Wildman–Crippen MR) is 133 cm³/mol. The van der Waals surface area contributed by atoms with Crippen LogP contribution in [0, 0.1) is 5.92 Å². The van der Waals surface area contributed by atoms with Crippen molar-refractivity contribution < 1.29 is 9.59 Å². The lowest BCUT2D eigenvalue weighted by Crippen LogP contribution is -2.58. The Morgan fingerprint density at radius 3 is 2.28 bits per heavy atom. The van der Waals surface area contributed by atoms with Gasteiger partial charge in [0.15, 0.2) is 0 Å². The number of amides is 2. The van der Waals surface area contributed by atoms with Crippen LogP contribution in [0.4, 0.5) is 0 Å². The first-order valence-corrected chi connectivity index (χ1v) is 11.1. The first kappa shape index (κ1) is 20.8. The zero-order valence-electron chi connectivity index (χ0n) is 18.9. The van der Waals surface area contributed by atoms with Crippen molar-refractivity contribution in [3.05, 3.63) is 35.4 Å². The molecule has 2 amide bonds. The third-order valence-electron chi connectivity index (χ3n) is 9.01. The van der Waals surface area contributed by atoms with Gasteiger partial charge in [-0.3, -0.25) is 9.59 Å². The molecular formula is C19H30B6N2O2. The van der Waals surface area contributed by atoms with Crippen molar-refractivity contribution in [3.63, 3.8) is 0 Å². The Kier molecular flexibility index (Phi) is 4.87. The number of piperazine rings is 1. The van der Waals surface area contributed by atoms with Crippen LogP contribution in [-0.2, 0) is 16.0 Å². The van der Waals surface area contributed by atoms with Crippen LogP contribution in [0.5, 0.6) is 0 Å². The number of benzene rings is 1. The summed E-state index contributed by atoms with van der Waals surface area (Å²) in [6.45, 7) is 1.63. The molecule has 0 N–H and O–H groups in total. The van der Waals surface area contributed by atoms with Crippen LogP contribution in [0.3, 0.4) is 0 Å². The molecule has 0 spiro atoms. The van der Waals surface area contributed by atoms with E-state index < -0.39 is 0 Å². The van der Waals surface area contributed by atoms with E-state index in [9.17, 15) is 9.59 Å². The molecule has 1 aromatic carbocycles. The number of carbonyl (C=O) groups excluding carboxylic acids is 2. The molecule has 10 heteroatoms. The summed E-state index contributed by atoms with van der Waals surface area (Å²) >= 11 is 0. The number of carbonyl (C=O) groups is 2. The average molecular weight is 383 g/mol. The summed E-state index contributed by atoms with van der Waals surface area (Å²) in [5, 5.41) is 0.282. The van der Waals surface area contributed by atoms with Crippen molar-refractivity contribution in [3.8, 4) is 0 Å². The van der Waals surface area contributed by atoms with E-state index in [-0.39, 0.29) is 46.0 Å². The minimum Gasteiger partial charge on any atom is -0.332 e. The molecule has 1 aromatic rings. The highest BCUT2D eigenvalue weighted by Crippen LogP contribution is 2.65. The molecule has 1 saturated carbocycles. The lowest BCUT2D eigenvalue weighted by Gasteiger charge is -2.60. The van der Waals surface area contributed by atoms with Crippen LogP contribution in [0.15, 0.2) is 24.3 Å². The second kappa shape index (κ2) is 6.78. The lowest BCUT2D eigenvalue weighted by molar-refractivity contribution is -0.152. The van der Waals surface area contributed by atoms with Gasteiger partial charge in [0, 0.05) is 19.0 Å².